The lowest BCUT2D eigenvalue weighted by Crippen LogP contribution is -2.37. The third-order valence-corrected chi connectivity index (χ3v) is 4.39. The van der Waals surface area contributed by atoms with E-state index in [-0.39, 0.29) is 0 Å². The summed E-state index contributed by atoms with van der Waals surface area (Å²) in [6.07, 6.45) is 4.67. The van der Waals surface area contributed by atoms with Crippen LogP contribution >= 0.6 is 27.5 Å². The molecule has 0 bridgehead atoms. The first-order chi connectivity index (χ1) is 9.08. The summed E-state index contributed by atoms with van der Waals surface area (Å²) in [6, 6.07) is 6.70. The summed E-state index contributed by atoms with van der Waals surface area (Å²) in [7, 11) is 0. The van der Waals surface area contributed by atoms with E-state index in [9.17, 15) is 0 Å². The third-order valence-electron chi connectivity index (χ3n) is 3.54. The van der Waals surface area contributed by atoms with E-state index in [0.29, 0.717) is 12.0 Å². The Bertz CT molecular complexity index is 381. The summed E-state index contributed by atoms with van der Waals surface area (Å²) in [5.74, 6) is 0.677. The summed E-state index contributed by atoms with van der Waals surface area (Å²) >= 11 is 9.79. The molecule has 2 atom stereocenters. The Labute approximate surface area is 131 Å². The van der Waals surface area contributed by atoms with Crippen molar-refractivity contribution in [2.45, 2.75) is 52.5 Å². The molecule has 0 aliphatic rings. The van der Waals surface area contributed by atoms with Gasteiger partial charge in [-0.2, -0.15) is 0 Å². The molecular formula is C16H25BrClN. The highest BCUT2D eigenvalue weighted by Crippen LogP contribution is 2.24. The fraction of sp³-hybridized carbons (Fsp3) is 0.625. The average Bonchev–Trinajstić information content (AvgIpc) is 2.37. The fourth-order valence-corrected chi connectivity index (χ4v) is 3.14. The number of benzene rings is 1. The van der Waals surface area contributed by atoms with Gasteiger partial charge in [-0.25, -0.2) is 0 Å². The second-order valence-electron chi connectivity index (χ2n) is 5.27. The van der Waals surface area contributed by atoms with Gasteiger partial charge >= 0.3 is 0 Å². The Balaban J connectivity index is 2.74. The van der Waals surface area contributed by atoms with Crippen molar-refractivity contribution in [3.63, 3.8) is 0 Å². The molecule has 1 N–H and O–H groups in total. The predicted molar refractivity (Wildman–Crippen MR) is 89.0 cm³/mol. The molecule has 3 heteroatoms. The zero-order valence-electron chi connectivity index (χ0n) is 12.2. The first-order valence-electron chi connectivity index (χ1n) is 7.25. The highest BCUT2D eigenvalue weighted by molar-refractivity contribution is 9.10. The van der Waals surface area contributed by atoms with Gasteiger partial charge in [0.1, 0.15) is 0 Å². The highest BCUT2D eigenvalue weighted by Gasteiger charge is 2.17. The topological polar surface area (TPSA) is 12.0 Å². The minimum atomic E-state index is 0.513. The van der Waals surface area contributed by atoms with Crippen molar-refractivity contribution >= 4 is 27.5 Å². The predicted octanol–water partition coefficient (Wildman–Crippen LogP) is 5.45. The van der Waals surface area contributed by atoms with Crippen LogP contribution in [-0.4, -0.2) is 12.6 Å². The molecule has 1 rings (SSSR count). The molecule has 1 aromatic rings. The van der Waals surface area contributed by atoms with Crippen LogP contribution in [0.5, 0.6) is 0 Å². The standard InChI is InChI=1S/C16H25BrClN/c1-4-6-12(3)16(19-9-5-2)10-13-7-8-14(17)11-15(13)18/h7-8,11-12,16,19H,4-6,9-10H2,1-3H3. The molecule has 1 nitrogen and oxygen atoms in total. The zero-order chi connectivity index (χ0) is 14.3. The van der Waals surface area contributed by atoms with E-state index in [0.717, 1.165) is 22.5 Å². The molecule has 2 unspecified atom stereocenters. The molecule has 0 aliphatic carbocycles. The summed E-state index contributed by atoms with van der Waals surface area (Å²) in [5.41, 5.74) is 1.24. The van der Waals surface area contributed by atoms with E-state index in [1.807, 2.05) is 6.07 Å². The maximum Gasteiger partial charge on any atom is 0.0449 e. The van der Waals surface area contributed by atoms with Crippen molar-refractivity contribution in [2.24, 2.45) is 5.92 Å². The first kappa shape index (κ1) is 17.0. The monoisotopic (exact) mass is 345 g/mol. The van der Waals surface area contributed by atoms with Gasteiger partial charge in [-0.15, -0.1) is 0 Å². The van der Waals surface area contributed by atoms with Gasteiger partial charge in [-0.1, -0.05) is 60.8 Å². The molecule has 0 spiro atoms. The number of rotatable bonds is 8. The average molecular weight is 347 g/mol. The first-order valence-corrected chi connectivity index (χ1v) is 8.42. The lowest BCUT2D eigenvalue weighted by atomic mass is 9.91. The molecule has 0 aliphatic heterocycles. The van der Waals surface area contributed by atoms with E-state index in [1.54, 1.807) is 0 Å². The van der Waals surface area contributed by atoms with E-state index >= 15 is 0 Å². The van der Waals surface area contributed by atoms with E-state index in [2.05, 4.69) is 54.2 Å². The molecule has 0 saturated heterocycles. The van der Waals surface area contributed by atoms with Crippen molar-refractivity contribution in [3.05, 3.63) is 33.3 Å². The van der Waals surface area contributed by atoms with Crippen molar-refractivity contribution in [1.82, 2.24) is 5.32 Å². The van der Waals surface area contributed by atoms with Gasteiger partial charge < -0.3 is 5.32 Å². The quantitative estimate of drug-likeness (QED) is 0.660. The fourth-order valence-electron chi connectivity index (χ4n) is 2.38. The van der Waals surface area contributed by atoms with E-state index < -0.39 is 0 Å². The molecule has 0 aromatic heterocycles. The number of hydrogen-bond donors (Lipinski definition) is 1. The molecule has 108 valence electrons. The molecule has 0 radical (unpaired) electrons. The molecule has 0 fully saturated rings. The van der Waals surface area contributed by atoms with Crippen LogP contribution in [0.4, 0.5) is 0 Å². The van der Waals surface area contributed by atoms with Crippen molar-refractivity contribution in [2.75, 3.05) is 6.54 Å². The molecule has 1 aromatic carbocycles. The van der Waals surface area contributed by atoms with Gasteiger partial charge in [-0.05, 0) is 49.4 Å². The maximum atomic E-state index is 6.33. The van der Waals surface area contributed by atoms with Gasteiger partial charge in [0, 0.05) is 15.5 Å². The maximum absolute atomic E-state index is 6.33. The lowest BCUT2D eigenvalue weighted by molar-refractivity contribution is 0.352. The molecule has 0 amide bonds. The Morgan fingerprint density at radius 3 is 2.58 bits per heavy atom. The second-order valence-corrected chi connectivity index (χ2v) is 6.59. The lowest BCUT2D eigenvalue weighted by Gasteiger charge is -2.25. The summed E-state index contributed by atoms with van der Waals surface area (Å²) in [4.78, 5) is 0. The third kappa shape index (κ3) is 5.85. The molecular weight excluding hydrogens is 322 g/mol. The van der Waals surface area contributed by atoms with Crippen molar-refractivity contribution in [1.29, 1.82) is 0 Å². The Hall–Kier alpha value is -0.0500. The van der Waals surface area contributed by atoms with Crippen LogP contribution in [0, 0.1) is 5.92 Å². The highest BCUT2D eigenvalue weighted by atomic mass is 79.9. The minimum Gasteiger partial charge on any atom is -0.313 e. The smallest absolute Gasteiger partial charge is 0.0449 e. The van der Waals surface area contributed by atoms with Crippen LogP contribution in [-0.2, 0) is 6.42 Å². The van der Waals surface area contributed by atoms with Gasteiger partial charge in [0.05, 0.1) is 0 Å². The summed E-state index contributed by atoms with van der Waals surface area (Å²) in [6.45, 7) is 7.87. The van der Waals surface area contributed by atoms with Crippen LogP contribution in [0.25, 0.3) is 0 Å². The SMILES string of the molecule is CCCNC(Cc1ccc(Br)cc1Cl)C(C)CCC. The van der Waals surface area contributed by atoms with E-state index in [4.69, 9.17) is 11.6 Å². The van der Waals surface area contributed by atoms with Gasteiger partial charge in [0.15, 0.2) is 0 Å². The summed E-state index contributed by atoms with van der Waals surface area (Å²) < 4.78 is 1.04. The molecule has 0 saturated carbocycles. The Morgan fingerprint density at radius 2 is 2.00 bits per heavy atom. The Morgan fingerprint density at radius 1 is 1.26 bits per heavy atom. The second kappa shape index (κ2) is 8.99. The van der Waals surface area contributed by atoms with Crippen LogP contribution in [0.15, 0.2) is 22.7 Å². The van der Waals surface area contributed by atoms with Crippen molar-refractivity contribution < 1.29 is 0 Å². The van der Waals surface area contributed by atoms with Gasteiger partial charge in [0.2, 0.25) is 0 Å². The van der Waals surface area contributed by atoms with Gasteiger partial charge in [0.25, 0.3) is 0 Å². The summed E-state index contributed by atoms with van der Waals surface area (Å²) in [5, 5.41) is 4.54. The minimum absolute atomic E-state index is 0.513. The molecule has 19 heavy (non-hydrogen) atoms. The van der Waals surface area contributed by atoms with Crippen LogP contribution < -0.4 is 5.32 Å². The van der Waals surface area contributed by atoms with Crippen molar-refractivity contribution in [3.8, 4) is 0 Å². The van der Waals surface area contributed by atoms with Crippen LogP contribution in [0.1, 0.15) is 45.6 Å². The van der Waals surface area contributed by atoms with Crippen LogP contribution in [0.2, 0.25) is 5.02 Å². The van der Waals surface area contributed by atoms with Gasteiger partial charge in [-0.3, -0.25) is 0 Å². The largest absolute Gasteiger partial charge is 0.313 e. The Kier molecular flexibility index (Phi) is 8.05. The van der Waals surface area contributed by atoms with E-state index in [1.165, 1.54) is 24.8 Å². The number of nitrogens with one attached hydrogen (secondary N) is 1. The normalized spacial score (nSPS) is 14.4. The number of halogens is 2. The zero-order valence-corrected chi connectivity index (χ0v) is 14.5. The van der Waals surface area contributed by atoms with Crippen LogP contribution in [0.3, 0.4) is 0 Å². The number of hydrogen-bond acceptors (Lipinski definition) is 1. The molecule has 0 heterocycles.